The van der Waals surface area contributed by atoms with Crippen LogP contribution in [0.5, 0.6) is 0 Å². The lowest BCUT2D eigenvalue weighted by atomic mass is 10.0. The van der Waals surface area contributed by atoms with Gasteiger partial charge in [-0.1, -0.05) is 12.1 Å². The average Bonchev–Trinajstić information content (AvgIpc) is 2.25. The van der Waals surface area contributed by atoms with Crippen LogP contribution in [0.2, 0.25) is 0 Å². The van der Waals surface area contributed by atoms with Crippen molar-refractivity contribution >= 4 is 17.4 Å². The Morgan fingerprint density at radius 3 is 2.56 bits per heavy atom. The molecule has 5 heteroatoms. The quantitative estimate of drug-likeness (QED) is 0.585. The van der Waals surface area contributed by atoms with Gasteiger partial charge in [-0.15, -0.1) is 11.6 Å². The first kappa shape index (κ1) is 13.0. The molecule has 0 amide bonds. The zero-order chi connectivity index (χ0) is 12.2. The van der Waals surface area contributed by atoms with E-state index >= 15 is 0 Å². The maximum Gasteiger partial charge on any atom is 0.416 e. The van der Waals surface area contributed by atoms with Crippen LogP contribution < -0.4 is 0 Å². The van der Waals surface area contributed by atoms with E-state index in [9.17, 15) is 18.0 Å². The molecule has 0 fully saturated rings. The minimum atomic E-state index is -4.41. The second-order valence-corrected chi connectivity index (χ2v) is 3.67. The van der Waals surface area contributed by atoms with Crippen molar-refractivity contribution in [2.75, 3.05) is 5.88 Å². The van der Waals surface area contributed by atoms with Crippen molar-refractivity contribution in [3.8, 4) is 0 Å². The van der Waals surface area contributed by atoms with E-state index in [1.54, 1.807) is 0 Å². The van der Waals surface area contributed by atoms with Gasteiger partial charge in [0, 0.05) is 17.9 Å². The number of ketones is 1. The Kier molecular flexibility index (Phi) is 4.35. The third-order valence-electron chi connectivity index (χ3n) is 2.05. The molecule has 0 aliphatic rings. The zero-order valence-electron chi connectivity index (χ0n) is 8.35. The number of Topliss-reactive ketones (excluding diaryl/α,β-unsaturated/α-hetero) is 1. The summed E-state index contributed by atoms with van der Waals surface area (Å²) >= 11 is 5.40. The molecular weight excluding hydrogens is 241 g/mol. The fourth-order valence-electron chi connectivity index (χ4n) is 1.24. The summed E-state index contributed by atoms with van der Waals surface area (Å²) in [6, 6.07) is 4.43. The number of alkyl halides is 4. The summed E-state index contributed by atoms with van der Waals surface area (Å²) in [5.74, 6) is 0.0109. The van der Waals surface area contributed by atoms with Gasteiger partial charge >= 0.3 is 6.18 Å². The van der Waals surface area contributed by atoms with Gasteiger partial charge in [0.2, 0.25) is 0 Å². The Morgan fingerprint density at radius 2 is 2.00 bits per heavy atom. The van der Waals surface area contributed by atoms with Crippen molar-refractivity contribution < 1.29 is 18.0 Å². The molecule has 0 saturated carbocycles. The highest BCUT2D eigenvalue weighted by Crippen LogP contribution is 2.29. The van der Waals surface area contributed by atoms with E-state index in [-0.39, 0.29) is 17.8 Å². The van der Waals surface area contributed by atoms with Crippen molar-refractivity contribution in [3.05, 3.63) is 35.4 Å². The van der Waals surface area contributed by atoms with Crippen molar-refractivity contribution in [2.45, 2.75) is 19.0 Å². The van der Waals surface area contributed by atoms with Gasteiger partial charge in [0.1, 0.15) is 0 Å². The lowest BCUT2D eigenvalue weighted by Gasteiger charge is -2.07. The molecule has 1 aromatic rings. The van der Waals surface area contributed by atoms with Gasteiger partial charge in [0.05, 0.1) is 5.56 Å². The molecule has 0 aromatic heterocycles. The van der Waals surface area contributed by atoms with E-state index in [2.05, 4.69) is 0 Å². The first-order chi connectivity index (χ1) is 7.45. The van der Waals surface area contributed by atoms with Gasteiger partial charge in [-0.25, -0.2) is 0 Å². The van der Waals surface area contributed by atoms with Gasteiger partial charge in [-0.05, 0) is 18.6 Å². The molecule has 0 radical (unpaired) electrons. The third-order valence-corrected chi connectivity index (χ3v) is 2.32. The predicted molar refractivity (Wildman–Crippen MR) is 55.7 cm³/mol. The highest BCUT2D eigenvalue weighted by molar-refractivity contribution is 6.18. The van der Waals surface area contributed by atoms with Crippen LogP contribution in [0, 0.1) is 0 Å². The number of hydrogen-bond donors (Lipinski definition) is 0. The van der Waals surface area contributed by atoms with Crippen LogP contribution in [0.15, 0.2) is 24.3 Å². The smallest absolute Gasteiger partial charge is 0.294 e. The van der Waals surface area contributed by atoms with Crippen LogP contribution in [0.3, 0.4) is 0 Å². The SMILES string of the molecule is O=C(CCCCl)c1cccc(C(F)(F)F)c1. The molecule has 0 heterocycles. The third kappa shape index (κ3) is 3.52. The van der Waals surface area contributed by atoms with Crippen LogP contribution in [0.1, 0.15) is 28.8 Å². The molecule has 1 rings (SSSR count). The van der Waals surface area contributed by atoms with Gasteiger partial charge in [0.15, 0.2) is 5.78 Å². The highest BCUT2D eigenvalue weighted by Gasteiger charge is 2.30. The second-order valence-electron chi connectivity index (χ2n) is 3.29. The van der Waals surface area contributed by atoms with Gasteiger partial charge in [0.25, 0.3) is 0 Å². The minimum Gasteiger partial charge on any atom is -0.294 e. The normalized spacial score (nSPS) is 11.5. The molecule has 16 heavy (non-hydrogen) atoms. The highest BCUT2D eigenvalue weighted by atomic mass is 35.5. The van der Waals surface area contributed by atoms with Gasteiger partial charge < -0.3 is 0 Å². The van der Waals surface area contributed by atoms with Crippen LogP contribution in [-0.4, -0.2) is 11.7 Å². The minimum absolute atomic E-state index is 0.0833. The Balaban J connectivity index is 2.86. The zero-order valence-corrected chi connectivity index (χ0v) is 9.11. The van der Waals surface area contributed by atoms with E-state index < -0.39 is 11.7 Å². The Morgan fingerprint density at radius 1 is 1.31 bits per heavy atom. The molecule has 0 aliphatic heterocycles. The Labute approximate surface area is 96.2 Å². The Bertz CT molecular complexity index is 374. The monoisotopic (exact) mass is 250 g/mol. The predicted octanol–water partition coefficient (Wildman–Crippen LogP) is 3.91. The fraction of sp³-hybridized carbons (Fsp3) is 0.364. The van der Waals surface area contributed by atoms with Crippen LogP contribution in [-0.2, 0) is 6.18 Å². The topological polar surface area (TPSA) is 17.1 Å². The summed E-state index contributed by atoms with van der Waals surface area (Å²) in [7, 11) is 0. The van der Waals surface area contributed by atoms with E-state index in [0.29, 0.717) is 12.3 Å². The summed E-state index contributed by atoms with van der Waals surface area (Å²) in [4.78, 5) is 11.5. The Hall–Kier alpha value is -1.03. The van der Waals surface area contributed by atoms with Crippen molar-refractivity contribution in [1.82, 2.24) is 0 Å². The molecule has 1 nitrogen and oxygen atoms in total. The lowest BCUT2D eigenvalue weighted by molar-refractivity contribution is -0.137. The summed E-state index contributed by atoms with van der Waals surface area (Å²) in [6.07, 6.45) is -3.77. The molecule has 0 N–H and O–H groups in total. The van der Waals surface area contributed by atoms with E-state index in [0.717, 1.165) is 12.1 Å². The van der Waals surface area contributed by atoms with E-state index in [1.165, 1.54) is 12.1 Å². The van der Waals surface area contributed by atoms with E-state index in [1.807, 2.05) is 0 Å². The van der Waals surface area contributed by atoms with Crippen molar-refractivity contribution in [3.63, 3.8) is 0 Å². The molecule has 88 valence electrons. The van der Waals surface area contributed by atoms with E-state index in [4.69, 9.17) is 11.6 Å². The number of benzene rings is 1. The second kappa shape index (κ2) is 5.34. The molecule has 0 spiro atoms. The van der Waals surface area contributed by atoms with Crippen LogP contribution in [0.4, 0.5) is 13.2 Å². The molecule has 1 aromatic carbocycles. The van der Waals surface area contributed by atoms with Gasteiger partial charge in [-0.2, -0.15) is 13.2 Å². The fourth-order valence-corrected chi connectivity index (χ4v) is 1.37. The summed E-state index contributed by atoms with van der Waals surface area (Å²) in [6.45, 7) is 0. The number of carbonyl (C=O) groups is 1. The largest absolute Gasteiger partial charge is 0.416 e. The summed E-state index contributed by atoms with van der Waals surface area (Å²) < 4.78 is 37.1. The van der Waals surface area contributed by atoms with Gasteiger partial charge in [-0.3, -0.25) is 4.79 Å². The molecular formula is C11H10ClF3O. The maximum atomic E-state index is 12.4. The van der Waals surface area contributed by atoms with Crippen molar-refractivity contribution in [1.29, 1.82) is 0 Å². The lowest BCUT2D eigenvalue weighted by Crippen LogP contribution is -2.07. The standard InChI is InChI=1S/C11H10ClF3O/c12-6-2-5-10(16)8-3-1-4-9(7-8)11(13,14)15/h1,3-4,7H,2,5-6H2. The first-order valence-corrected chi connectivity index (χ1v) is 5.25. The molecule has 0 unspecified atom stereocenters. The first-order valence-electron chi connectivity index (χ1n) is 4.71. The van der Waals surface area contributed by atoms with Crippen LogP contribution in [0.25, 0.3) is 0 Å². The number of rotatable bonds is 4. The maximum absolute atomic E-state index is 12.4. The molecule has 0 atom stereocenters. The van der Waals surface area contributed by atoms with Crippen LogP contribution >= 0.6 is 11.6 Å². The average molecular weight is 251 g/mol. The number of hydrogen-bond acceptors (Lipinski definition) is 1. The number of carbonyl (C=O) groups excluding carboxylic acids is 1. The molecule has 0 aliphatic carbocycles. The van der Waals surface area contributed by atoms with Crippen molar-refractivity contribution in [2.24, 2.45) is 0 Å². The summed E-state index contributed by atoms with van der Waals surface area (Å²) in [5.41, 5.74) is -0.718. The molecule has 0 saturated heterocycles. The number of halogens is 4. The molecule has 0 bridgehead atoms. The summed E-state index contributed by atoms with van der Waals surface area (Å²) in [5, 5.41) is 0.